The lowest BCUT2D eigenvalue weighted by molar-refractivity contribution is 0.135. The van der Waals surface area contributed by atoms with E-state index in [-0.39, 0.29) is 5.56 Å². The fourth-order valence-electron chi connectivity index (χ4n) is 0.900. The Balaban J connectivity index is 2.79. The Morgan fingerprint density at radius 1 is 1.57 bits per heavy atom. The third-order valence-corrected chi connectivity index (χ3v) is 3.49. The summed E-state index contributed by atoms with van der Waals surface area (Å²) in [4.78, 5) is 11.6. The van der Waals surface area contributed by atoms with Crippen LogP contribution in [0.3, 0.4) is 0 Å². The number of rotatable bonds is 4. The van der Waals surface area contributed by atoms with Gasteiger partial charge in [-0.1, -0.05) is 0 Å². The normalized spacial score (nSPS) is 10.5. The van der Waals surface area contributed by atoms with E-state index in [9.17, 15) is 4.79 Å². The van der Waals surface area contributed by atoms with Crippen LogP contribution in [0.5, 0.6) is 0 Å². The molecule has 0 N–H and O–H groups in total. The van der Waals surface area contributed by atoms with Gasteiger partial charge in [-0.05, 0) is 38.8 Å². The van der Waals surface area contributed by atoms with Gasteiger partial charge in [-0.2, -0.15) is 5.10 Å². The van der Waals surface area contributed by atoms with Crippen molar-refractivity contribution >= 4 is 31.9 Å². The third kappa shape index (κ3) is 2.90. The molecule has 4 nitrogen and oxygen atoms in total. The molecular formula is C8H10Br2N2O2. The van der Waals surface area contributed by atoms with Crippen molar-refractivity contribution < 1.29 is 4.74 Å². The molecule has 1 rings (SSSR count). The predicted molar refractivity (Wildman–Crippen MR) is 60.4 cm³/mol. The lowest BCUT2D eigenvalue weighted by atomic mass is 10.5. The summed E-state index contributed by atoms with van der Waals surface area (Å²) in [5.74, 6) is 0. The van der Waals surface area contributed by atoms with E-state index in [0.29, 0.717) is 28.7 Å². The van der Waals surface area contributed by atoms with Crippen LogP contribution in [0, 0.1) is 0 Å². The number of nitrogens with zero attached hydrogens (tertiary/aromatic N) is 2. The van der Waals surface area contributed by atoms with Crippen molar-refractivity contribution in [2.75, 3.05) is 13.2 Å². The van der Waals surface area contributed by atoms with Crippen LogP contribution in [0.25, 0.3) is 0 Å². The largest absolute Gasteiger partial charge is 0.380 e. The predicted octanol–water partition coefficient (Wildman–Crippen LogP) is 1.80. The fraction of sp³-hybridized carbons (Fsp3) is 0.500. The SMILES string of the molecule is CCOCCn1ncc(Br)c(Br)c1=O. The smallest absolute Gasteiger partial charge is 0.282 e. The van der Waals surface area contributed by atoms with E-state index in [0.717, 1.165) is 0 Å². The first kappa shape index (κ1) is 11.9. The topological polar surface area (TPSA) is 44.1 Å². The van der Waals surface area contributed by atoms with Gasteiger partial charge in [0.1, 0.15) is 4.47 Å². The second kappa shape index (κ2) is 5.63. The van der Waals surface area contributed by atoms with Crippen LogP contribution in [0.2, 0.25) is 0 Å². The van der Waals surface area contributed by atoms with E-state index in [1.54, 1.807) is 6.20 Å². The molecule has 0 aliphatic rings. The molecule has 1 aromatic heterocycles. The minimum absolute atomic E-state index is 0.154. The van der Waals surface area contributed by atoms with E-state index >= 15 is 0 Å². The minimum Gasteiger partial charge on any atom is -0.380 e. The average molecular weight is 326 g/mol. The van der Waals surface area contributed by atoms with Gasteiger partial charge in [0.2, 0.25) is 0 Å². The van der Waals surface area contributed by atoms with Crippen molar-refractivity contribution in [1.82, 2.24) is 9.78 Å². The minimum atomic E-state index is -0.154. The van der Waals surface area contributed by atoms with Gasteiger partial charge in [0, 0.05) is 6.61 Å². The highest BCUT2D eigenvalue weighted by Gasteiger charge is 2.05. The maximum absolute atomic E-state index is 11.6. The zero-order valence-corrected chi connectivity index (χ0v) is 10.8. The molecule has 14 heavy (non-hydrogen) atoms. The standard InChI is InChI=1S/C8H10Br2N2O2/c1-2-14-4-3-12-8(13)7(10)6(9)5-11-12/h5H,2-4H2,1H3. The lowest BCUT2D eigenvalue weighted by Gasteiger charge is -2.05. The Hall–Kier alpha value is -0.200. The van der Waals surface area contributed by atoms with Crippen molar-refractivity contribution in [2.24, 2.45) is 0 Å². The first-order chi connectivity index (χ1) is 6.66. The second-order valence-corrected chi connectivity index (χ2v) is 4.18. The summed E-state index contributed by atoms with van der Waals surface area (Å²) in [5, 5.41) is 3.96. The van der Waals surface area contributed by atoms with Crippen molar-refractivity contribution in [1.29, 1.82) is 0 Å². The highest BCUT2D eigenvalue weighted by molar-refractivity contribution is 9.13. The number of halogens is 2. The maximum atomic E-state index is 11.6. The van der Waals surface area contributed by atoms with Crippen LogP contribution >= 0.6 is 31.9 Å². The molecule has 0 bridgehead atoms. The monoisotopic (exact) mass is 324 g/mol. The van der Waals surface area contributed by atoms with Crippen LogP contribution in [0.15, 0.2) is 19.9 Å². The molecule has 0 radical (unpaired) electrons. The molecule has 78 valence electrons. The second-order valence-electron chi connectivity index (χ2n) is 2.53. The van der Waals surface area contributed by atoms with Gasteiger partial charge < -0.3 is 4.74 Å². The molecule has 0 aliphatic heterocycles. The Kier molecular flexibility index (Phi) is 4.77. The van der Waals surface area contributed by atoms with Gasteiger partial charge in [0.15, 0.2) is 0 Å². The van der Waals surface area contributed by atoms with Crippen molar-refractivity contribution in [2.45, 2.75) is 13.5 Å². The van der Waals surface area contributed by atoms with E-state index in [1.807, 2.05) is 6.92 Å². The molecular weight excluding hydrogens is 316 g/mol. The summed E-state index contributed by atoms with van der Waals surface area (Å²) in [6, 6.07) is 0. The summed E-state index contributed by atoms with van der Waals surface area (Å²) in [5.41, 5.74) is -0.154. The molecule has 0 aromatic carbocycles. The van der Waals surface area contributed by atoms with Gasteiger partial charge >= 0.3 is 0 Å². The molecule has 1 aromatic rings. The first-order valence-electron chi connectivity index (χ1n) is 4.15. The third-order valence-electron chi connectivity index (χ3n) is 1.59. The molecule has 0 fully saturated rings. The quantitative estimate of drug-likeness (QED) is 0.793. The Morgan fingerprint density at radius 3 is 2.93 bits per heavy atom. The molecule has 0 unspecified atom stereocenters. The molecule has 0 atom stereocenters. The van der Waals surface area contributed by atoms with Crippen LogP contribution in [-0.2, 0) is 11.3 Å². The zero-order valence-electron chi connectivity index (χ0n) is 7.67. The molecule has 0 saturated heterocycles. The summed E-state index contributed by atoms with van der Waals surface area (Å²) >= 11 is 6.39. The number of aromatic nitrogens is 2. The summed E-state index contributed by atoms with van der Waals surface area (Å²) in [6.07, 6.45) is 1.58. The van der Waals surface area contributed by atoms with Crippen LogP contribution in [-0.4, -0.2) is 23.0 Å². The lowest BCUT2D eigenvalue weighted by Crippen LogP contribution is -2.25. The molecule has 0 spiro atoms. The first-order valence-corrected chi connectivity index (χ1v) is 5.74. The fourth-order valence-corrected chi connectivity index (χ4v) is 1.47. The van der Waals surface area contributed by atoms with E-state index in [2.05, 4.69) is 37.0 Å². The molecule has 6 heteroatoms. The highest BCUT2D eigenvalue weighted by Crippen LogP contribution is 2.16. The van der Waals surface area contributed by atoms with E-state index in [1.165, 1.54) is 4.68 Å². The maximum Gasteiger partial charge on any atom is 0.282 e. The molecule has 1 heterocycles. The van der Waals surface area contributed by atoms with Gasteiger partial charge in [-0.25, -0.2) is 4.68 Å². The summed E-state index contributed by atoms with van der Waals surface area (Å²) < 4.78 is 7.65. The van der Waals surface area contributed by atoms with Gasteiger partial charge in [-0.15, -0.1) is 0 Å². The number of hydrogen-bond donors (Lipinski definition) is 0. The van der Waals surface area contributed by atoms with Crippen LogP contribution < -0.4 is 5.56 Å². The molecule has 0 amide bonds. The Labute approximate surface area is 98.5 Å². The van der Waals surface area contributed by atoms with Crippen LogP contribution in [0.4, 0.5) is 0 Å². The van der Waals surface area contributed by atoms with Gasteiger partial charge in [-0.3, -0.25) is 4.79 Å². The zero-order chi connectivity index (χ0) is 10.6. The number of ether oxygens (including phenoxy) is 1. The van der Waals surface area contributed by atoms with Gasteiger partial charge in [0.05, 0.1) is 23.8 Å². The Bertz CT molecular complexity index is 365. The summed E-state index contributed by atoms with van der Waals surface area (Å²) in [6.45, 7) is 3.52. The van der Waals surface area contributed by atoms with Crippen molar-refractivity contribution in [3.05, 3.63) is 25.5 Å². The van der Waals surface area contributed by atoms with Gasteiger partial charge in [0.25, 0.3) is 5.56 Å². The molecule has 0 saturated carbocycles. The average Bonchev–Trinajstić information content (AvgIpc) is 2.18. The van der Waals surface area contributed by atoms with E-state index < -0.39 is 0 Å². The van der Waals surface area contributed by atoms with E-state index in [4.69, 9.17) is 4.74 Å². The summed E-state index contributed by atoms with van der Waals surface area (Å²) in [7, 11) is 0. The highest BCUT2D eigenvalue weighted by atomic mass is 79.9. The van der Waals surface area contributed by atoms with Crippen LogP contribution in [0.1, 0.15) is 6.92 Å². The molecule has 0 aliphatic carbocycles. The Morgan fingerprint density at radius 2 is 2.29 bits per heavy atom. The van der Waals surface area contributed by atoms with Crippen molar-refractivity contribution in [3.8, 4) is 0 Å². The number of hydrogen-bond acceptors (Lipinski definition) is 3. The van der Waals surface area contributed by atoms with Crippen molar-refractivity contribution in [3.63, 3.8) is 0 Å².